The van der Waals surface area contributed by atoms with E-state index in [-0.39, 0.29) is 5.56 Å². The molecule has 2 aromatic heterocycles. The van der Waals surface area contributed by atoms with Gasteiger partial charge in [0.2, 0.25) is 5.82 Å². The molecule has 5 nitrogen and oxygen atoms in total. The fourth-order valence-corrected chi connectivity index (χ4v) is 3.56. The summed E-state index contributed by atoms with van der Waals surface area (Å²) >= 11 is 3.43. The summed E-state index contributed by atoms with van der Waals surface area (Å²) in [7, 11) is 0. The topological polar surface area (TPSA) is 60.9 Å². The first-order chi connectivity index (χ1) is 14.2. The van der Waals surface area contributed by atoms with Gasteiger partial charge in [0.05, 0.1) is 5.56 Å². The fraction of sp³-hybridized carbons (Fsp3) is 0. The summed E-state index contributed by atoms with van der Waals surface area (Å²) in [6, 6.07) is 24.6. The Morgan fingerprint density at radius 3 is 2.28 bits per heavy atom. The van der Waals surface area contributed by atoms with Crippen LogP contribution in [0.1, 0.15) is 0 Å². The van der Waals surface area contributed by atoms with Gasteiger partial charge in [0.1, 0.15) is 0 Å². The normalized spacial score (nSPS) is 11.1. The predicted molar refractivity (Wildman–Crippen MR) is 116 cm³/mol. The van der Waals surface area contributed by atoms with E-state index in [1.54, 1.807) is 10.8 Å². The van der Waals surface area contributed by atoms with E-state index in [2.05, 4.69) is 26.1 Å². The van der Waals surface area contributed by atoms with E-state index in [1.807, 2.05) is 78.9 Å². The van der Waals surface area contributed by atoms with Crippen LogP contribution in [0, 0.1) is 0 Å². The highest BCUT2D eigenvalue weighted by Crippen LogP contribution is 2.28. The number of rotatable bonds is 3. The minimum Gasteiger partial charge on any atom is -0.334 e. The molecule has 0 fully saturated rings. The second kappa shape index (κ2) is 7.14. The first-order valence-corrected chi connectivity index (χ1v) is 9.80. The molecule has 140 valence electrons. The van der Waals surface area contributed by atoms with Crippen LogP contribution in [0.4, 0.5) is 0 Å². The number of pyridine rings is 1. The second-order valence-electron chi connectivity index (χ2n) is 6.53. The lowest BCUT2D eigenvalue weighted by Crippen LogP contribution is -2.18. The lowest BCUT2D eigenvalue weighted by atomic mass is 10.1. The van der Waals surface area contributed by atoms with Crippen molar-refractivity contribution in [1.82, 2.24) is 14.7 Å². The molecule has 0 aliphatic rings. The van der Waals surface area contributed by atoms with Gasteiger partial charge in [-0.1, -0.05) is 57.5 Å². The van der Waals surface area contributed by atoms with Crippen molar-refractivity contribution in [3.05, 3.63) is 99.9 Å². The molecule has 0 aliphatic carbocycles. The summed E-state index contributed by atoms with van der Waals surface area (Å²) in [5.41, 5.74) is 2.24. The van der Waals surface area contributed by atoms with Crippen molar-refractivity contribution in [2.75, 3.05) is 0 Å². The summed E-state index contributed by atoms with van der Waals surface area (Å²) < 4.78 is 8.18. The van der Waals surface area contributed by atoms with Crippen LogP contribution >= 0.6 is 15.9 Å². The van der Waals surface area contributed by atoms with E-state index in [0.717, 1.165) is 21.1 Å². The van der Waals surface area contributed by atoms with Crippen molar-refractivity contribution in [3.63, 3.8) is 0 Å². The third-order valence-corrected chi connectivity index (χ3v) is 5.25. The molecule has 6 heteroatoms. The molecule has 5 aromatic rings. The van der Waals surface area contributed by atoms with Crippen molar-refractivity contribution in [2.45, 2.75) is 0 Å². The van der Waals surface area contributed by atoms with Crippen LogP contribution in [0.3, 0.4) is 0 Å². The summed E-state index contributed by atoms with van der Waals surface area (Å²) in [5, 5.41) is 5.50. The standard InChI is InChI=1S/C23H14BrN3O2/c24-16-12-10-15(11-13-16)21-25-22(29-26-21)20-14-27(17-6-2-1-3-7-17)23(28)19-9-5-4-8-18(19)20/h1-14H. The molecule has 2 heterocycles. The van der Waals surface area contributed by atoms with Gasteiger partial charge >= 0.3 is 0 Å². The van der Waals surface area contributed by atoms with Gasteiger partial charge in [-0.15, -0.1) is 0 Å². The predicted octanol–water partition coefficient (Wildman–Crippen LogP) is 5.47. The van der Waals surface area contributed by atoms with Crippen LogP contribution in [0.2, 0.25) is 0 Å². The number of nitrogens with zero attached hydrogens (tertiary/aromatic N) is 3. The molecule has 0 amide bonds. The Hall–Kier alpha value is -3.51. The first-order valence-electron chi connectivity index (χ1n) is 9.00. The molecule has 0 radical (unpaired) electrons. The van der Waals surface area contributed by atoms with Crippen LogP contribution in [0.15, 0.2) is 98.8 Å². The van der Waals surface area contributed by atoms with E-state index in [0.29, 0.717) is 22.7 Å². The number of hydrogen-bond donors (Lipinski definition) is 0. The van der Waals surface area contributed by atoms with Gasteiger partial charge in [-0.3, -0.25) is 9.36 Å². The third-order valence-electron chi connectivity index (χ3n) is 4.72. The van der Waals surface area contributed by atoms with Crippen LogP contribution < -0.4 is 5.56 Å². The summed E-state index contributed by atoms with van der Waals surface area (Å²) in [6.07, 6.45) is 1.76. The highest BCUT2D eigenvalue weighted by Gasteiger charge is 2.17. The lowest BCUT2D eigenvalue weighted by molar-refractivity contribution is 0.432. The van der Waals surface area contributed by atoms with Gasteiger partial charge < -0.3 is 4.52 Å². The van der Waals surface area contributed by atoms with E-state index < -0.39 is 0 Å². The Bertz CT molecular complexity index is 1370. The van der Waals surface area contributed by atoms with Crippen LogP contribution in [0.5, 0.6) is 0 Å². The second-order valence-corrected chi connectivity index (χ2v) is 7.44. The van der Waals surface area contributed by atoms with Crippen molar-refractivity contribution in [1.29, 1.82) is 0 Å². The van der Waals surface area contributed by atoms with Gasteiger partial charge in [-0.2, -0.15) is 4.98 Å². The van der Waals surface area contributed by atoms with Gasteiger partial charge in [0.25, 0.3) is 11.4 Å². The fourth-order valence-electron chi connectivity index (χ4n) is 3.29. The molecule has 0 saturated carbocycles. The SMILES string of the molecule is O=c1c2ccccc2c(-c2nc(-c3ccc(Br)cc3)no2)cn1-c1ccccc1. The maximum atomic E-state index is 13.1. The van der Waals surface area contributed by atoms with Crippen molar-refractivity contribution >= 4 is 26.7 Å². The van der Waals surface area contributed by atoms with Gasteiger partial charge in [-0.25, -0.2) is 0 Å². The number of halogens is 1. The van der Waals surface area contributed by atoms with E-state index in [1.165, 1.54) is 0 Å². The van der Waals surface area contributed by atoms with Gasteiger partial charge in [0.15, 0.2) is 0 Å². The average molecular weight is 444 g/mol. The van der Waals surface area contributed by atoms with Crippen LogP contribution in [-0.2, 0) is 0 Å². The monoisotopic (exact) mass is 443 g/mol. The number of fused-ring (bicyclic) bond motifs is 1. The zero-order chi connectivity index (χ0) is 19.8. The van der Waals surface area contributed by atoms with E-state index in [4.69, 9.17) is 4.52 Å². The van der Waals surface area contributed by atoms with E-state index in [9.17, 15) is 4.79 Å². The van der Waals surface area contributed by atoms with Crippen LogP contribution in [0.25, 0.3) is 39.3 Å². The molecular formula is C23H14BrN3O2. The Kier molecular flexibility index (Phi) is 4.33. The summed E-state index contributed by atoms with van der Waals surface area (Å²) in [5.74, 6) is 0.859. The number of aromatic nitrogens is 3. The zero-order valence-corrected chi connectivity index (χ0v) is 16.7. The van der Waals surface area contributed by atoms with Gasteiger partial charge in [-0.05, 0) is 42.5 Å². The number of hydrogen-bond acceptors (Lipinski definition) is 4. The minimum atomic E-state index is -0.0943. The quantitative estimate of drug-likeness (QED) is 0.370. The molecule has 0 atom stereocenters. The van der Waals surface area contributed by atoms with Crippen LogP contribution in [-0.4, -0.2) is 14.7 Å². The summed E-state index contributed by atoms with van der Waals surface area (Å²) in [6.45, 7) is 0. The maximum absolute atomic E-state index is 13.1. The van der Waals surface area contributed by atoms with Crippen molar-refractivity contribution < 1.29 is 4.52 Å². The highest BCUT2D eigenvalue weighted by atomic mass is 79.9. The Labute approximate surface area is 174 Å². The Morgan fingerprint density at radius 2 is 1.52 bits per heavy atom. The van der Waals surface area contributed by atoms with E-state index >= 15 is 0 Å². The van der Waals surface area contributed by atoms with Crippen molar-refractivity contribution in [2.24, 2.45) is 0 Å². The van der Waals surface area contributed by atoms with Crippen molar-refractivity contribution in [3.8, 4) is 28.5 Å². The van der Waals surface area contributed by atoms with Gasteiger partial charge in [0, 0.05) is 32.7 Å². The molecule has 5 rings (SSSR count). The molecule has 0 saturated heterocycles. The molecule has 3 aromatic carbocycles. The first kappa shape index (κ1) is 17.6. The largest absolute Gasteiger partial charge is 0.334 e. The molecule has 29 heavy (non-hydrogen) atoms. The number of para-hydroxylation sites is 1. The molecule has 0 unspecified atom stereocenters. The summed E-state index contributed by atoms with van der Waals surface area (Å²) in [4.78, 5) is 17.6. The maximum Gasteiger partial charge on any atom is 0.262 e. The molecular weight excluding hydrogens is 430 g/mol. The Balaban J connectivity index is 1.72. The lowest BCUT2D eigenvalue weighted by Gasteiger charge is -2.10. The third kappa shape index (κ3) is 3.17. The minimum absolute atomic E-state index is 0.0943. The average Bonchev–Trinajstić information content (AvgIpc) is 3.25. The molecule has 0 N–H and O–H groups in total. The molecule has 0 spiro atoms. The highest BCUT2D eigenvalue weighted by molar-refractivity contribution is 9.10. The Morgan fingerprint density at radius 1 is 0.828 bits per heavy atom. The molecule has 0 aliphatic heterocycles. The smallest absolute Gasteiger partial charge is 0.262 e. The zero-order valence-electron chi connectivity index (χ0n) is 15.1. The molecule has 0 bridgehead atoms. The number of benzene rings is 3.